The van der Waals surface area contributed by atoms with Gasteiger partial charge in [0, 0.05) is 38.4 Å². The van der Waals surface area contributed by atoms with Gasteiger partial charge in [-0.25, -0.2) is 14.6 Å². The summed E-state index contributed by atoms with van der Waals surface area (Å²) in [5, 5.41) is 4.41. The zero-order valence-corrected chi connectivity index (χ0v) is 16.9. The Labute approximate surface area is 175 Å². The van der Waals surface area contributed by atoms with Crippen LogP contribution in [0.25, 0.3) is 5.82 Å². The number of carbonyl (C=O) groups excluding carboxylic acids is 1. The van der Waals surface area contributed by atoms with Crippen LogP contribution in [0.4, 0.5) is 5.82 Å². The molecule has 0 N–H and O–H groups in total. The van der Waals surface area contributed by atoms with Crippen molar-refractivity contribution in [1.82, 2.24) is 24.6 Å². The summed E-state index contributed by atoms with van der Waals surface area (Å²) in [4.78, 5) is 25.8. The molecule has 8 heteroatoms. The van der Waals surface area contributed by atoms with Crippen LogP contribution in [0.3, 0.4) is 0 Å². The molecule has 2 aromatic heterocycles. The molecule has 30 heavy (non-hydrogen) atoms. The van der Waals surface area contributed by atoms with Gasteiger partial charge in [0.05, 0.1) is 5.69 Å². The first-order chi connectivity index (χ1) is 14.7. The Kier molecular flexibility index (Phi) is 4.82. The summed E-state index contributed by atoms with van der Waals surface area (Å²) in [5.41, 5.74) is 2.12. The molecule has 0 saturated carbocycles. The van der Waals surface area contributed by atoms with Gasteiger partial charge in [-0.15, -0.1) is 0 Å². The van der Waals surface area contributed by atoms with E-state index in [2.05, 4.69) is 26.0 Å². The molecule has 2 aliphatic heterocycles. The van der Waals surface area contributed by atoms with Gasteiger partial charge in [-0.2, -0.15) is 5.10 Å². The maximum absolute atomic E-state index is 13.0. The van der Waals surface area contributed by atoms with Crippen LogP contribution in [0.15, 0.2) is 48.9 Å². The molecule has 5 rings (SSSR count). The fraction of sp³-hybridized carbons (Fsp3) is 0.364. The molecule has 154 valence electrons. The molecule has 1 unspecified atom stereocenters. The van der Waals surface area contributed by atoms with Gasteiger partial charge in [0.25, 0.3) is 5.91 Å². The zero-order valence-electron chi connectivity index (χ0n) is 16.9. The van der Waals surface area contributed by atoms with Crippen LogP contribution in [-0.2, 0) is 11.2 Å². The average Bonchev–Trinajstić information content (AvgIpc) is 3.25. The highest BCUT2D eigenvalue weighted by atomic mass is 16.5. The maximum atomic E-state index is 13.0. The lowest BCUT2D eigenvalue weighted by Gasteiger charge is -2.37. The highest BCUT2D eigenvalue weighted by Gasteiger charge is 2.31. The number of ether oxygens (including phenoxy) is 1. The van der Waals surface area contributed by atoms with Crippen molar-refractivity contribution in [3.8, 4) is 11.6 Å². The van der Waals surface area contributed by atoms with Crippen LogP contribution < -0.4 is 9.64 Å². The number of rotatable bonds is 3. The van der Waals surface area contributed by atoms with Crippen molar-refractivity contribution in [1.29, 1.82) is 0 Å². The quantitative estimate of drug-likeness (QED) is 0.665. The van der Waals surface area contributed by atoms with Crippen LogP contribution in [0, 0.1) is 6.92 Å². The molecule has 0 radical (unpaired) electrons. The SMILES string of the molecule is Cc1ccn(-c2cc(N3CCN(C(=O)C4CCc5ccccc5O4)CC3)ncn2)n1. The lowest BCUT2D eigenvalue weighted by atomic mass is 10.0. The van der Waals surface area contributed by atoms with Crippen LogP contribution >= 0.6 is 0 Å². The lowest BCUT2D eigenvalue weighted by molar-refractivity contribution is -0.139. The zero-order chi connectivity index (χ0) is 20.5. The second-order valence-corrected chi connectivity index (χ2v) is 7.70. The molecule has 3 aromatic rings. The van der Waals surface area contributed by atoms with Gasteiger partial charge in [-0.3, -0.25) is 4.79 Å². The number of hydrogen-bond acceptors (Lipinski definition) is 6. The van der Waals surface area contributed by atoms with Gasteiger partial charge in [0.2, 0.25) is 0 Å². The van der Waals surface area contributed by atoms with Crippen molar-refractivity contribution in [3.05, 3.63) is 60.2 Å². The molecule has 2 aliphatic rings. The Bertz CT molecular complexity index is 1060. The number of benzene rings is 1. The van der Waals surface area contributed by atoms with Gasteiger partial charge < -0.3 is 14.5 Å². The summed E-state index contributed by atoms with van der Waals surface area (Å²) in [5.74, 6) is 2.51. The Morgan fingerprint density at radius 2 is 1.87 bits per heavy atom. The smallest absolute Gasteiger partial charge is 0.263 e. The van der Waals surface area contributed by atoms with Gasteiger partial charge in [-0.05, 0) is 37.5 Å². The van der Waals surface area contributed by atoms with Crippen LogP contribution in [0.2, 0.25) is 0 Å². The molecule has 1 atom stereocenters. The molecule has 4 heterocycles. The Hall–Kier alpha value is -3.42. The second-order valence-electron chi connectivity index (χ2n) is 7.70. The number of nitrogens with zero attached hydrogens (tertiary/aromatic N) is 6. The summed E-state index contributed by atoms with van der Waals surface area (Å²) >= 11 is 0. The van der Waals surface area contributed by atoms with E-state index in [0.717, 1.165) is 49.0 Å². The number of piperazine rings is 1. The molecule has 1 amide bonds. The van der Waals surface area contributed by atoms with E-state index in [1.165, 1.54) is 5.56 Å². The van der Waals surface area contributed by atoms with Crippen molar-refractivity contribution in [2.75, 3.05) is 31.1 Å². The van der Waals surface area contributed by atoms with E-state index in [4.69, 9.17) is 4.74 Å². The summed E-state index contributed by atoms with van der Waals surface area (Å²) < 4.78 is 7.74. The number of fused-ring (bicyclic) bond motifs is 1. The highest BCUT2D eigenvalue weighted by Crippen LogP contribution is 2.28. The van der Waals surface area contributed by atoms with E-state index >= 15 is 0 Å². The number of anilines is 1. The van der Waals surface area contributed by atoms with Crippen molar-refractivity contribution in [3.63, 3.8) is 0 Å². The first-order valence-electron chi connectivity index (χ1n) is 10.3. The van der Waals surface area contributed by atoms with E-state index in [1.54, 1.807) is 11.0 Å². The summed E-state index contributed by atoms with van der Waals surface area (Å²) in [6, 6.07) is 11.8. The Morgan fingerprint density at radius 1 is 1.07 bits per heavy atom. The summed E-state index contributed by atoms with van der Waals surface area (Å²) in [6.07, 6.45) is 4.67. The average molecular weight is 404 g/mol. The highest BCUT2D eigenvalue weighted by molar-refractivity contribution is 5.82. The minimum Gasteiger partial charge on any atom is -0.480 e. The number of hydrogen-bond donors (Lipinski definition) is 0. The number of aromatic nitrogens is 4. The summed E-state index contributed by atoms with van der Waals surface area (Å²) in [6.45, 7) is 4.71. The molecule has 1 aromatic carbocycles. The third kappa shape index (κ3) is 3.60. The minimum absolute atomic E-state index is 0.0829. The number of amides is 1. The third-order valence-corrected chi connectivity index (χ3v) is 5.70. The first kappa shape index (κ1) is 18.6. The Morgan fingerprint density at radius 3 is 2.67 bits per heavy atom. The lowest BCUT2D eigenvalue weighted by Crippen LogP contribution is -2.53. The van der Waals surface area contributed by atoms with Gasteiger partial charge in [0.15, 0.2) is 11.9 Å². The molecule has 1 saturated heterocycles. The van der Waals surface area contributed by atoms with Crippen LogP contribution in [-0.4, -0.2) is 62.8 Å². The van der Waals surface area contributed by atoms with Crippen molar-refractivity contribution >= 4 is 11.7 Å². The molecular weight excluding hydrogens is 380 g/mol. The molecular formula is C22H24N6O2. The minimum atomic E-state index is -0.389. The van der Waals surface area contributed by atoms with E-state index in [1.807, 2.05) is 48.4 Å². The van der Waals surface area contributed by atoms with Crippen molar-refractivity contribution in [2.24, 2.45) is 0 Å². The monoisotopic (exact) mass is 404 g/mol. The van der Waals surface area contributed by atoms with E-state index < -0.39 is 0 Å². The third-order valence-electron chi connectivity index (χ3n) is 5.70. The van der Waals surface area contributed by atoms with E-state index in [0.29, 0.717) is 13.1 Å². The van der Waals surface area contributed by atoms with Crippen molar-refractivity contribution < 1.29 is 9.53 Å². The maximum Gasteiger partial charge on any atom is 0.263 e. The van der Waals surface area contributed by atoms with Crippen LogP contribution in [0.1, 0.15) is 17.7 Å². The Balaban J connectivity index is 1.22. The van der Waals surface area contributed by atoms with Gasteiger partial charge >= 0.3 is 0 Å². The molecule has 0 spiro atoms. The molecule has 0 bridgehead atoms. The van der Waals surface area contributed by atoms with Crippen LogP contribution in [0.5, 0.6) is 5.75 Å². The van der Waals surface area contributed by atoms with Gasteiger partial charge in [0.1, 0.15) is 17.9 Å². The fourth-order valence-electron chi connectivity index (χ4n) is 4.04. The largest absolute Gasteiger partial charge is 0.480 e. The predicted octanol–water partition coefficient (Wildman–Crippen LogP) is 2.01. The normalized spacial score (nSPS) is 18.6. The standard InChI is InChI=1S/C22H24N6O2/c1-16-8-9-28(25-16)21-14-20(23-15-24-21)26-10-12-27(13-11-26)22(29)19-7-6-17-4-2-3-5-18(17)30-19/h2-5,8-9,14-15,19H,6-7,10-13H2,1H3. The number of para-hydroxylation sites is 1. The van der Waals surface area contributed by atoms with E-state index in [-0.39, 0.29) is 12.0 Å². The second kappa shape index (κ2) is 7.78. The number of aryl methyl sites for hydroxylation is 2. The summed E-state index contributed by atoms with van der Waals surface area (Å²) in [7, 11) is 0. The molecule has 0 aliphatic carbocycles. The molecule has 1 fully saturated rings. The number of carbonyl (C=O) groups is 1. The fourth-order valence-corrected chi connectivity index (χ4v) is 4.04. The van der Waals surface area contributed by atoms with Crippen molar-refractivity contribution in [2.45, 2.75) is 25.9 Å². The topological polar surface area (TPSA) is 76.4 Å². The predicted molar refractivity (Wildman–Crippen MR) is 112 cm³/mol. The van der Waals surface area contributed by atoms with Gasteiger partial charge in [-0.1, -0.05) is 18.2 Å². The molecule has 8 nitrogen and oxygen atoms in total. The first-order valence-corrected chi connectivity index (χ1v) is 10.3. The van der Waals surface area contributed by atoms with E-state index in [9.17, 15) is 4.79 Å².